The summed E-state index contributed by atoms with van der Waals surface area (Å²) in [6.07, 6.45) is 0.300. The van der Waals surface area contributed by atoms with E-state index in [1.165, 1.54) is 11.1 Å². The Balaban J connectivity index is 2.37. The van der Waals surface area contributed by atoms with Crippen LogP contribution in [0.4, 0.5) is 4.79 Å². The van der Waals surface area contributed by atoms with Gasteiger partial charge in [-0.15, -0.1) is 0 Å². The lowest BCUT2D eigenvalue weighted by Gasteiger charge is -2.26. The molecule has 0 fully saturated rings. The standard InChI is InChI=1S/C18H30N2O2/c1-13-7-6-8-16(9-13)14(2)11-19-17(22)20-12-18(4,5)10-15(3)21/h6-9,14-15,21H,10-12H2,1-5H3,(H2,19,20,22). The van der Waals surface area contributed by atoms with Gasteiger partial charge in [-0.25, -0.2) is 4.79 Å². The second kappa shape index (κ2) is 8.18. The van der Waals surface area contributed by atoms with E-state index in [1.807, 2.05) is 19.9 Å². The summed E-state index contributed by atoms with van der Waals surface area (Å²) >= 11 is 0. The summed E-state index contributed by atoms with van der Waals surface area (Å²) in [6, 6.07) is 8.19. The predicted molar refractivity (Wildman–Crippen MR) is 91.1 cm³/mol. The van der Waals surface area contributed by atoms with Crippen LogP contribution in [0.15, 0.2) is 24.3 Å². The molecule has 0 aliphatic rings. The maximum absolute atomic E-state index is 11.9. The molecule has 0 saturated heterocycles. The van der Waals surface area contributed by atoms with Crippen LogP contribution in [0.5, 0.6) is 0 Å². The molecule has 2 atom stereocenters. The third-order valence-electron chi connectivity index (χ3n) is 3.76. The van der Waals surface area contributed by atoms with E-state index in [1.54, 1.807) is 6.92 Å². The van der Waals surface area contributed by atoms with Crippen LogP contribution in [-0.2, 0) is 0 Å². The zero-order chi connectivity index (χ0) is 16.8. The van der Waals surface area contributed by atoms with Crippen LogP contribution in [-0.4, -0.2) is 30.3 Å². The second-order valence-electron chi connectivity index (χ2n) is 7.10. The monoisotopic (exact) mass is 306 g/mol. The molecule has 2 unspecified atom stereocenters. The van der Waals surface area contributed by atoms with E-state index in [4.69, 9.17) is 0 Å². The Bertz CT molecular complexity index is 484. The largest absolute Gasteiger partial charge is 0.393 e. The van der Waals surface area contributed by atoms with Crippen molar-refractivity contribution in [2.45, 2.75) is 53.1 Å². The first kappa shape index (κ1) is 18.5. The highest BCUT2D eigenvalue weighted by Gasteiger charge is 2.21. The first-order valence-electron chi connectivity index (χ1n) is 7.96. The molecule has 0 heterocycles. The van der Waals surface area contributed by atoms with Gasteiger partial charge >= 0.3 is 6.03 Å². The average molecular weight is 306 g/mol. The van der Waals surface area contributed by atoms with Crippen molar-refractivity contribution in [3.63, 3.8) is 0 Å². The Hall–Kier alpha value is -1.55. The number of aliphatic hydroxyl groups is 1. The fraction of sp³-hybridized carbons (Fsp3) is 0.611. The highest BCUT2D eigenvalue weighted by molar-refractivity contribution is 5.73. The molecule has 0 spiro atoms. The number of benzene rings is 1. The first-order chi connectivity index (χ1) is 10.2. The predicted octanol–water partition coefficient (Wildman–Crippen LogP) is 3.19. The molecule has 1 aromatic carbocycles. The fourth-order valence-corrected chi connectivity index (χ4v) is 2.59. The van der Waals surface area contributed by atoms with Crippen molar-refractivity contribution in [3.8, 4) is 0 Å². The van der Waals surface area contributed by atoms with Crippen molar-refractivity contribution >= 4 is 6.03 Å². The van der Waals surface area contributed by atoms with E-state index < -0.39 is 0 Å². The maximum Gasteiger partial charge on any atom is 0.314 e. The van der Waals surface area contributed by atoms with Gasteiger partial charge < -0.3 is 15.7 Å². The third kappa shape index (κ3) is 6.94. The van der Waals surface area contributed by atoms with E-state index in [0.29, 0.717) is 19.5 Å². The van der Waals surface area contributed by atoms with Crippen LogP contribution in [0.25, 0.3) is 0 Å². The molecule has 22 heavy (non-hydrogen) atoms. The summed E-state index contributed by atoms with van der Waals surface area (Å²) < 4.78 is 0. The smallest absolute Gasteiger partial charge is 0.314 e. The number of urea groups is 1. The highest BCUT2D eigenvalue weighted by Crippen LogP contribution is 2.21. The van der Waals surface area contributed by atoms with Crippen LogP contribution >= 0.6 is 0 Å². The molecule has 2 amide bonds. The van der Waals surface area contributed by atoms with E-state index in [9.17, 15) is 9.90 Å². The molecule has 1 aromatic rings. The van der Waals surface area contributed by atoms with Crippen molar-refractivity contribution in [3.05, 3.63) is 35.4 Å². The number of rotatable bonds is 7. The van der Waals surface area contributed by atoms with E-state index in [0.717, 1.165) is 0 Å². The van der Waals surface area contributed by atoms with Crippen LogP contribution in [0.1, 0.15) is 51.2 Å². The molecule has 4 nitrogen and oxygen atoms in total. The minimum Gasteiger partial charge on any atom is -0.393 e. The van der Waals surface area contributed by atoms with Crippen molar-refractivity contribution in [2.24, 2.45) is 5.41 Å². The first-order valence-corrected chi connectivity index (χ1v) is 7.96. The Morgan fingerprint density at radius 1 is 1.27 bits per heavy atom. The SMILES string of the molecule is Cc1cccc(C(C)CNC(=O)NCC(C)(C)CC(C)O)c1. The van der Waals surface area contributed by atoms with Gasteiger partial charge in [0.05, 0.1) is 6.10 Å². The van der Waals surface area contributed by atoms with Gasteiger partial charge in [0.2, 0.25) is 0 Å². The number of hydrogen-bond donors (Lipinski definition) is 3. The van der Waals surface area contributed by atoms with E-state index in [2.05, 4.69) is 42.7 Å². The van der Waals surface area contributed by atoms with Crippen LogP contribution in [0.2, 0.25) is 0 Å². The Morgan fingerprint density at radius 2 is 1.95 bits per heavy atom. The summed E-state index contributed by atoms with van der Waals surface area (Å²) in [4.78, 5) is 11.9. The van der Waals surface area contributed by atoms with Crippen molar-refractivity contribution in [1.82, 2.24) is 10.6 Å². The second-order valence-corrected chi connectivity index (χ2v) is 7.10. The number of hydrogen-bond acceptors (Lipinski definition) is 2. The molecule has 0 saturated carbocycles. The molecule has 0 aliphatic heterocycles. The van der Waals surface area contributed by atoms with Gasteiger partial charge in [0.25, 0.3) is 0 Å². The normalized spacial score (nSPS) is 14.3. The molecule has 124 valence electrons. The van der Waals surface area contributed by atoms with E-state index in [-0.39, 0.29) is 23.5 Å². The number of aryl methyl sites for hydroxylation is 1. The Morgan fingerprint density at radius 3 is 2.55 bits per heavy atom. The lowest BCUT2D eigenvalue weighted by atomic mass is 9.87. The fourth-order valence-electron chi connectivity index (χ4n) is 2.59. The summed E-state index contributed by atoms with van der Waals surface area (Å²) in [6.45, 7) is 11.2. The van der Waals surface area contributed by atoms with E-state index >= 15 is 0 Å². The van der Waals surface area contributed by atoms with Crippen LogP contribution in [0, 0.1) is 12.3 Å². The number of aliphatic hydroxyl groups excluding tert-OH is 1. The Kier molecular flexibility index (Phi) is 6.88. The minimum absolute atomic E-state index is 0.117. The quantitative estimate of drug-likeness (QED) is 0.724. The summed E-state index contributed by atoms with van der Waals surface area (Å²) in [5.41, 5.74) is 2.34. The van der Waals surface area contributed by atoms with Gasteiger partial charge in [-0.05, 0) is 37.2 Å². The number of carbonyl (C=O) groups excluding carboxylic acids is 1. The summed E-state index contributed by atoms with van der Waals surface area (Å²) in [5.74, 6) is 0.274. The average Bonchev–Trinajstić information content (AvgIpc) is 2.41. The molecule has 0 bridgehead atoms. The topological polar surface area (TPSA) is 61.4 Å². The number of amides is 2. The number of carbonyl (C=O) groups is 1. The van der Waals surface area contributed by atoms with Crippen LogP contribution < -0.4 is 10.6 Å². The van der Waals surface area contributed by atoms with Crippen LogP contribution in [0.3, 0.4) is 0 Å². The van der Waals surface area contributed by atoms with Gasteiger partial charge in [0.1, 0.15) is 0 Å². The van der Waals surface area contributed by atoms with Gasteiger partial charge in [-0.1, -0.05) is 50.6 Å². The number of nitrogens with one attached hydrogen (secondary N) is 2. The molecule has 0 radical (unpaired) electrons. The van der Waals surface area contributed by atoms with Gasteiger partial charge in [-0.3, -0.25) is 0 Å². The molecular weight excluding hydrogens is 276 g/mol. The summed E-state index contributed by atoms with van der Waals surface area (Å²) in [7, 11) is 0. The maximum atomic E-state index is 11.9. The molecule has 4 heteroatoms. The molecule has 0 aliphatic carbocycles. The molecule has 0 aromatic heterocycles. The summed E-state index contributed by atoms with van der Waals surface area (Å²) in [5, 5.41) is 15.2. The zero-order valence-corrected chi connectivity index (χ0v) is 14.4. The van der Waals surface area contributed by atoms with Crippen molar-refractivity contribution in [1.29, 1.82) is 0 Å². The lowest BCUT2D eigenvalue weighted by molar-refractivity contribution is 0.129. The molecular formula is C18H30N2O2. The van der Waals surface area contributed by atoms with Gasteiger partial charge in [-0.2, -0.15) is 0 Å². The lowest BCUT2D eigenvalue weighted by Crippen LogP contribution is -2.42. The minimum atomic E-state index is -0.360. The highest BCUT2D eigenvalue weighted by atomic mass is 16.3. The zero-order valence-electron chi connectivity index (χ0n) is 14.4. The van der Waals surface area contributed by atoms with Crippen molar-refractivity contribution < 1.29 is 9.90 Å². The molecule has 3 N–H and O–H groups in total. The van der Waals surface area contributed by atoms with Gasteiger partial charge in [0.15, 0.2) is 0 Å². The van der Waals surface area contributed by atoms with Gasteiger partial charge in [0, 0.05) is 13.1 Å². The Labute approximate surface area is 134 Å². The van der Waals surface area contributed by atoms with Crippen molar-refractivity contribution in [2.75, 3.05) is 13.1 Å². The third-order valence-corrected chi connectivity index (χ3v) is 3.76. The molecule has 1 rings (SSSR count).